The van der Waals surface area contributed by atoms with Gasteiger partial charge in [0, 0.05) is 13.1 Å². The number of nitrogens with zero attached hydrogens (tertiary/aromatic N) is 2. The summed E-state index contributed by atoms with van der Waals surface area (Å²) < 4.78 is 11.3. The predicted octanol–water partition coefficient (Wildman–Crippen LogP) is 1.56. The summed E-state index contributed by atoms with van der Waals surface area (Å²) in [5.74, 6) is -0.755. The molecule has 1 atom stereocenters. The van der Waals surface area contributed by atoms with Gasteiger partial charge in [0.25, 0.3) is 11.6 Å². The molecule has 9 heteroatoms. The first-order valence-corrected chi connectivity index (χ1v) is 6.69. The lowest BCUT2D eigenvalue weighted by molar-refractivity contribution is -0.384. The quantitative estimate of drug-likeness (QED) is 0.490. The molecule has 0 aromatic carbocycles. The van der Waals surface area contributed by atoms with Crippen LogP contribution in [0.1, 0.15) is 29.2 Å². The standard InChI is InChI=1S/C14H15N3O6/c1-9(12-4-3-5-22-12)15-13(18)8-23-14(19)11-6-10(17(20)21)7-16(11)2/h3-7,9H,8H2,1-2H3,(H,15,18). The van der Waals surface area contributed by atoms with Crippen LogP contribution in [0.4, 0.5) is 5.69 Å². The van der Waals surface area contributed by atoms with Crippen LogP contribution in [0.5, 0.6) is 0 Å². The van der Waals surface area contributed by atoms with Crippen LogP contribution in [0.25, 0.3) is 0 Å². The number of carbonyl (C=O) groups excluding carboxylic acids is 2. The van der Waals surface area contributed by atoms with Gasteiger partial charge in [0.15, 0.2) is 6.61 Å². The van der Waals surface area contributed by atoms with Gasteiger partial charge in [-0.05, 0) is 19.1 Å². The monoisotopic (exact) mass is 321 g/mol. The Bertz CT molecular complexity index is 719. The third kappa shape index (κ3) is 3.96. The molecule has 122 valence electrons. The van der Waals surface area contributed by atoms with Crippen LogP contribution in [0.15, 0.2) is 35.1 Å². The number of nitrogens with one attached hydrogen (secondary N) is 1. The molecule has 2 rings (SSSR count). The van der Waals surface area contributed by atoms with Gasteiger partial charge in [-0.25, -0.2) is 4.79 Å². The SMILES string of the molecule is CC(NC(=O)COC(=O)c1cc([N+](=O)[O-])cn1C)c1ccco1. The van der Waals surface area contributed by atoms with E-state index in [1.54, 1.807) is 19.1 Å². The second-order valence-electron chi connectivity index (χ2n) is 4.83. The number of aromatic nitrogens is 1. The van der Waals surface area contributed by atoms with Crippen LogP contribution < -0.4 is 5.32 Å². The minimum Gasteiger partial charge on any atom is -0.467 e. The fourth-order valence-corrected chi connectivity index (χ4v) is 1.95. The number of carbonyl (C=O) groups is 2. The first kappa shape index (κ1) is 16.3. The summed E-state index contributed by atoms with van der Waals surface area (Å²) in [6.45, 7) is 1.22. The lowest BCUT2D eigenvalue weighted by atomic mass is 10.2. The van der Waals surface area contributed by atoms with Crippen molar-refractivity contribution in [1.29, 1.82) is 0 Å². The maximum absolute atomic E-state index is 11.9. The van der Waals surface area contributed by atoms with Gasteiger partial charge in [0.1, 0.15) is 11.5 Å². The highest BCUT2D eigenvalue weighted by Gasteiger charge is 2.20. The third-order valence-corrected chi connectivity index (χ3v) is 3.09. The van der Waals surface area contributed by atoms with Crippen molar-refractivity contribution in [3.63, 3.8) is 0 Å². The summed E-state index contributed by atoms with van der Waals surface area (Å²) in [5, 5.41) is 13.3. The highest BCUT2D eigenvalue weighted by molar-refractivity contribution is 5.90. The van der Waals surface area contributed by atoms with Crippen LogP contribution in [0.2, 0.25) is 0 Å². The summed E-state index contributed by atoms with van der Waals surface area (Å²) in [7, 11) is 1.47. The van der Waals surface area contributed by atoms with Gasteiger partial charge in [0.05, 0.1) is 23.4 Å². The number of hydrogen-bond acceptors (Lipinski definition) is 6. The fourth-order valence-electron chi connectivity index (χ4n) is 1.95. The second kappa shape index (κ2) is 6.77. The number of aryl methyl sites for hydroxylation is 1. The van der Waals surface area contributed by atoms with Gasteiger partial charge in [-0.1, -0.05) is 0 Å². The maximum atomic E-state index is 11.9. The highest BCUT2D eigenvalue weighted by Crippen LogP contribution is 2.16. The number of furan rings is 1. The summed E-state index contributed by atoms with van der Waals surface area (Å²) in [5.41, 5.74) is -0.237. The Hall–Kier alpha value is -3.10. The topological polar surface area (TPSA) is 117 Å². The van der Waals surface area contributed by atoms with Gasteiger partial charge >= 0.3 is 5.97 Å². The van der Waals surface area contributed by atoms with Crippen LogP contribution in [-0.2, 0) is 16.6 Å². The normalized spacial score (nSPS) is 11.7. The molecular weight excluding hydrogens is 306 g/mol. The number of ether oxygens (including phenoxy) is 1. The van der Waals surface area contributed by atoms with Crippen LogP contribution in [-0.4, -0.2) is 28.0 Å². The smallest absolute Gasteiger partial charge is 0.355 e. The molecule has 0 radical (unpaired) electrons. The van der Waals surface area contributed by atoms with Crippen molar-refractivity contribution < 1.29 is 23.7 Å². The average molecular weight is 321 g/mol. The van der Waals surface area contributed by atoms with Crippen molar-refractivity contribution in [2.75, 3.05) is 6.61 Å². The van der Waals surface area contributed by atoms with E-state index in [1.807, 2.05) is 0 Å². The summed E-state index contributed by atoms with van der Waals surface area (Å²) in [6.07, 6.45) is 2.68. The third-order valence-electron chi connectivity index (χ3n) is 3.09. The summed E-state index contributed by atoms with van der Waals surface area (Å²) in [4.78, 5) is 33.6. The Kier molecular flexibility index (Phi) is 4.79. The number of rotatable bonds is 6. The molecule has 1 N–H and O–H groups in total. The number of amides is 1. The lowest BCUT2D eigenvalue weighted by Crippen LogP contribution is -2.31. The molecule has 1 unspecified atom stereocenters. The number of nitro groups is 1. The van der Waals surface area contributed by atoms with Gasteiger partial charge in [-0.15, -0.1) is 0 Å². The Balaban J connectivity index is 1.89. The molecule has 9 nitrogen and oxygen atoms in total. The van der Waals surface area contributed by atoms with E-state index in [1.165, 1.54) is 24.1 Å². The molecule has 2 heterocycles. The molecule has 2 aromatic rings. The van der Waals surface area contributed by atoms with Crippen LogP contribution in [0.3, 0.4) is 0 Å². The van der Waals surface area contributed by atoms with E-state index in [2.05, 4.69) is 5.32 Å². The van der Waals surface area contributed by atoms with Gasteiger partial charge in [0.2, 0.25) is 0 Å². The predicted molar refractivity (Wildman–Crippen MR) is 77.6 cm³/mol. The molecule has 0 aliphatic rings. The molecule has 0 spiro atoms. The minimum atomic E-state index is -0.818. The molecule has 2 aromatic heterocycles. The lowest BCUT2D eigenvalue weighted by Gasteiger charge is -2.11. The van der Waals surface area contributed by atoms with E-state index in [0.717, 1.165) is 6.07 Å². The van der Waals surface area contributed by atoms with E-state index in [0.29, 0.717) is 5.76 Å². The zero-order valence-corrected chi connectivity index (χ0v) is 12.5. The Morgan fingerprint density at radius 1 is 1.52 bits per heavy atom. The number of hydrogen-bond donors (Lipinski definition) is 1. The van der Waals surface area contributed by atoms with Gasteiger partial charge in [-0.2, -0.15) is 0 Å². The molecule has 1 amide bonds. The van der Waals surface area contributed by atoms with Crippen molar-refractivity contribution in [2.45, 2.75) is 13.0 Å². The molecule has 0 saturated carbocycles. The van der Waals surface area contributed by atoms with Crippen molar-refractivity contribution >= 4 is 17.6 Å². The van der Waals surface area contributed by atoms with Crippen LogP contribution in [0, 0.1) is 10.1 Å². The fraction of sp³-hybridized carbons (Fsp3) is 0.286. The van der Waals surface area contributed by atoms with Crippen molar-refractivity contribution in [3.05, 3.63) is 52.2 Å². The molecule has 0 saturated heterocycles. The first-order valence-electron chi connectivity index (χ1n) is 6.69. The van der Waals surface area contributed by atoms with E-state index < -0.39 is 23.4 Å². The largest absolute Gasteiger partial charge is 0.467 e. The Labute approximate surface area is 131 Å². The minimum absolute atomic E-state index is 0.0106. The molecule has 0 aliphatic heterocycles. The van der Waals surface area contributed by atoms with E-state index >= 15 is 0 Å². The van der Waals surface area contributed by atoms with E-state index in [9.17, 15) is 19.7 Å². The summed E-state index contributed by atoms with van der Waals surface area (Å²) >= 11 is 0. The molecule has 0 bridgehead atoms. The van der Waals surface area contributed by atoms with E-state index in [-0.39, 0.29) is 17.4 Å². The van der Waals surface area contributed by atoms with E-state index in [4.69, 9.17) is 9.15 Å². The molecule has 0 fully saturated rings. The highest BCUT2D eigenvalue weighted by atomic mass is 16.6. The zero-order chi connectivity index (χ0) is 17.0. The van der Waals surface area contributed by atoms with Gasteiger partial charge in [-0.3, -0.25) is 14.9 Å². The first-order chi connectivity index (χ1) is 10.9. The van der Waals surface area contributed by atoms with Gasteiger partial charge < -0.3 is 19.0 Å². The molecule has 0 aliphatic carbocycles. The average Bonchev–Trinajstić information content (AvgIpc) is 3.14. The maximum Gasteiger partial charge on any atom is 0.355 e. The second-order valence-corrected chi connectivity index (χ2v) is 4.83. The van der Waals surface area contributed by atoms with Crippen molar-refractivity contribution in [3.8, 4) is 0 Å². The van der Waals surface area contributed by atoms with Crippen molar-refractivity contribution in [1.82, 2.24) is 9.88 Å². The van der Waals surface area contributed by atoms with Crippen molar-refractivity contribution in [2.24, 2.45) is 7.05 Å². The summed E-state index contributed by atoms with van der Waals surface area (Å²) in [6, 6.07) is 4.12. The zero-order valence-electron chi connectivity index (χ0n) is 12.5. The Morgan fingerprint density at radius 2 is 2.26 bits per heavy atom. The molecular formula is C14H15N3O6. The Morgan fingerprint density at radius 3 is 2.83 bits per heavy atom. The van der Waals surface area contributed by atoms with Crippen LogP contribution >= 0.6 is 0 Å². The number of esters is 1. The molecule has 23 heavy (non-hydrogen) atoms.